The minimum Gasteiger partial charge on any atom is -0.399 e. The molecule has 0 radical (unpaired) electrons. The van der Waals surface area contributed by atoms with E-state index in [4.69, 9.17) is 5.73 Å². The maximum Gasteiger partial charge on any atom is 0.182 e. The van der Waals surface area contributed by atoms with Gasteiger partial charge in [-0.15, -0.1) is 5.10 Å². The summed E-state index contributed by atoms with van der Waals surface area (Å²) < 4.78 is 2.02. The zero-order valence-corrected chi connectivity index (χ0v) is 11.9. The summed E-state index contributed by atoms with van der Waals surface area (Å²) >= 11 is 0. The maximum absolute atomic E-state index is 5.82. The van der Waals surface area contributed by atoms with E-state index in [0.717, 1.165) is 22.6 Å². The van der Waals surface area contributed by atoms with E-state index in [2.05, 4.69) is 22.4 Å². The van der Waals surface area contributed by atoms with Crippen molar-refractivity contribution in [3.63, 3.8) is 0 Å². The standard InChI is InChI=1S/C15H21N5/c1-11-10-12(16)8-9-14(11)15-17-18-19-20(15)13-6-4-2-3-5-7-13/h8-10,13H,2-7,16H2,1H3. The van der Waals surface area contributed by atoms with Gasteiger partial charge in [-0.1, -0.05) is 25.7 Å². The highest BCUT2D eigenvalue weighted by atomic mass is 15.5. The van der Waals surface area contributed by atoms with Crippen molar-refractivity contribution in [3.8, 4) is 11.4 Å². The normalized spacial score (nSPS) is 17.1. The predicted octanol–water partition coefficient (Wildman–Crippen LogP) is 3.13. The van der Waals surface area contributed by atoms with Gasteiger partial charge in [-0.05, 0) is 54.0 Å². The molecule has 1 aromatic heterocycles. The minimum atomic E-state index is 0.430. The van der Waals surface area contributed by atoms with Crippen molar-refractivity contribution in [3.05, 3.63) is 23.8 Å². The molecule has 0 atom stereocenters. The van der Waals surface area contributed by atoms with Crippen LogP contribution in [0.2, 0.25) is 0 Å². The first-order chi connectivity index (χ1) is 9.75. The van der Waals surface area contributed by atoms with Crippen LogP contribution < -0.4 is 5.73 Å². The molecule has 0 amide bonds. The van der Waals surface area contributed by atoms with E-state index >= 15 is 0 Å². The van der Waals surface area contributed by atoms with Crippen LogP contribution in [0.25, 0.3) is 11.4 Å². The van der Waals surface area contributed by atoms with E-state index in [1.165, 1.54) is 38.5 Å². The largest absolute Gasteiger partial charge is 0.399 e. The van der Waals surface area contributed by atoms with E-state index in [1.54, 1.807) is 0 Å². The van der Waals surface area contributed by atoms with Crippen LogP contribution in [-0.4, -0.2) is 20.2 Å². The van der Waals surface area contributed by atoms with Crippen LogP contribution in [0.4, 0.5) is 5.69 Å². The van der Waals surface area contributed by atoms with Crippen molar-refractivity contribution in [2.45, 2.75) is 51.5 Å². The SMILES string of the molecule is Cc1cc(N)ccc1-c1nnnn1C1CCCCCC1. The molecule has 1 aromatic carbocycles. The molecular formula is C15H21N5. The number of aromatic nitrogens is 4. The van der Waals surface area contributed by atoms with Gasteiger partial charge in [0.2, 0.25) is 0 Å². The van der Waals surface area contributed by atoms with Gasteiger partial charge >= 0.3 is 0 Å². The third-order valence-electron chi connectivity index (χ3n) is 4.15. The summed E-state index contributed by atoms with van der Waals surface area (Å²) in [5, 5.41) is 12.4. The highest BCUT2D eigenvalue weighted by Crippen LogP contribution is 2.31. The number of tetrazole rings is 1. The summed E-state index contributed by atoms with van der Waals surface area (Å²) in [5.74, 6) is 0.870. The molecule has 2 N–H and O–H groups in total. The molecule has 1 fully saturated rings. The van der Waals surface area contributed by atoms with Gasteiger partial charge in [0.25, 0.3) is 0 Å². The Morgan fingerprint density at radius 3 is 2.60 bits per heavy atom. The maximum atomic E-state index is 5.82. The number of nitrogens with zero attached hydrogens (tertiary/aromatic N) is 4. The molecule has 0 spiro atoms. The molecule has 2 aromatic rings. The van der Waals surface area contributed by atoms with Gasteiger partial charge < -0.3 is 5.73 Å². The number of rotatable bonds is 2. The van der Waals surface area contributed by atoms with Crippen LogP contribution >= 0.6 is 0 Å². The van der Waals surface area contributed by atoms with E-state index < -0.39 is 0 Å². The van der Waals surface area contributed by atoms with Gasteiger partial charge in [0.1, 0.15) is 0 Å². The summed E-state index contributed by atoms with van der Waals surface area (Å²) in [6.07, 6.45) is 7.54. The molecule has 0 unspecified atom stereocenters. The Hall–Kier alpha value is -1.91. The summed E-state index contributed by atoms with van der Waals surface area (Å²) in [7, 11) is 0. The van der Waals surface area contributed by atoms with Crippen molar-refractivity contribution >= 4 is 5.69 Å². The third kappa shape index (κ3) is 2.53. The Bertz CT molecular complexity index is 582. The quantitative estimate of drug-likeness (QED) is 0.673. The van der Waals surface area contributed by atoms with E-state index in [1.807, 2.05) is 22.9 Å². The Morgan fingerprint density at radius 2 is 1.90 bits per heavy atom. The molecule has 5 nitrogen and oxygen atoms in total. The van der Waals surface area contributed by atoms with Crippen molar-refractivity contribution in [1.82, 2.24) is 20.2 Å². The Morgan fingerprint density at radius 1 is 1.15 bits per heavy atom. The van der Waals surface area contributed by atoms with E-state index in [0.29, 0.717) is 6.04 Å². The first-order valence-electron chi connectivity index (χ1n) is 7.40. The molecule has 0 saturated heterocycles. The number of hydrogen-bond acceptors (Lipinski definition) is 4. The zero-order valence-electron chi connectivity index (χ0n) is 11.9. The molecular weight excluding hydrogens is 250 g/mol. The monoisotopic (exact) mass is 271 g/mol. The van der Waals surface area contributed by atoms with Crippen LogP contribution in [0.15, 0.2) is 18.2 Å². The first-order valence-corrected chi connectivity index (χ1v) is 7.40. The fourth-order valence-corrected chi connectivity index (χ4v) is 3.06. The van der Waals surface area contributed by atoms with Gasteiger partial charge in [0.05, 0.1) is 6.04 Å². The first kappa shape index (κ1) is 13.1. The predicted molar refractivity (Wildman–Crippen MR) is 79.1 cm³/mol. The number of anilines is 1. The van der Waals surface area contributed by atoms with Crippen molar-refractivity contribution in [2.75, 3.05) is 5.73 Å². The molecule has 3 rings (SSSR count). The molecule has 1 heterocycles. The summed E-state index contributed by atoms with van der Waals surface area (Å²) in [4.78, 5) is 0. The van der Waals surface area contributed by atoms with E-state index in [9.17, 15) is 0 Å². The van der Waals surface area contributed by atoms with Gasteiger partial charge in [0, 0.05) is 11.3 Å². The second kappa shape index (κ2) is 5.61. The molecule has 20 heavy (non-hydrogen) atoms. The molecule has 106 valence electrons. The second-order valence-corrected chi connectivity index (χ2v) is 5.67. The van der Waals surface area contributed by atoms with Crippen molar-refractivity contribution in [1.29, 1.82) is 0 Å². The molecule has 0 bridgehead atoms. The Balaban J connectivity index is 1.96. The molecule has 1 saturated carbocycles. The lowest BCUT2D eigenvalue weighted by Gasteiger charge is -2.16. The van der Waals surface area contributed by atoms with Gasteiger partial charge in [-0.25, -0.2) is 4.68 Å². The summed E-state index contributed by atoms with van der Waals surface area (Å²) in [6, 6.07) is 6.33. The zero-order chi connectivity index (χ0) is 13.9. The molecule has 1 aliphatic carbocycles. The van der Waals surface area contributed by atoms with Crippen LogP contribution in [-0.2, 0) is 0 Å². The number of aryl methyl sites for hydroxylation is 1. The van der Waals surface area contributed by atoms with Crippen LogP contribution in [0.3, 0.4) is 0 Å². The highest BCUT2D eigenvalue weighted by molar-refractivity contribution is 5.63. The number of nitrogen functional groups attached to an aromatic ring is 1. The molecule has 1 aliphatic rings. The number of hydrogen-bond donors (Lipinski definition) is 1. The van der Waals surface area contributed by atoms with Crippen molar-refractivity contribution < 1.29 is 0 Å². The Labute approximate surface area is 119 Å². The average molecular weight is 271 g/mol. The van der Waals surface area contributed by atoms with E-state index in [-0.39, 0.29) is 0 Å². The lowest BCUT2D eigenvalue weighted by molar-refractivity contribution is 0.400. The lowest BCUT2D eigenvalue weighted by Crippen LogP contribution is -2.12. The van der Waals surface area contributed by atoms with Crippen LogP contribution in [0, 0.1) is 6.92 Å². The third-order valence-corrected chi connectivity index (χ3v) is 4.15. The Kier molecular flexibility index (Phi) is 3.67. The topological polar surface area (TPSA) is 69.6 Å². The smallest absolute Gasteiger partial charge is 0.182 e. The van der Waals surface area contributed by atoms with Gasteiger partial charge in [-0.3, -0.25) is 0 Å². The second-order valence-electron chi connectivity index (χ2n) is 5.67. The van der Waals surface area contributed by atoms with Crippen LogP contribution in [0.5, 0.6) is 0 Å². The fourth-order valence-electron chi connectivity index (χ4n) is 3.06. The average Bonchev–Trinajstić information content (AvgIpc) is 2.74. The minimum absolute atomic E-state index is 0.430. The van der Waals surface area contributed by atoms with Crippen molar-refractivity contribution in [2.24, 2.45) is 0 Å². The molecule has 0 aliphatic heterocycles. The number of benzene rings is 1. The summed E-state index contributed by atoms with van der Waals surface area (Å²) in [5.41, 5.74) is 8.80. The molecule has 5 heteroatoms. The van der Waals surface area contributed by atoms with Crippen LogP contribution in [0.1, 0.15) is 50.1 Å². The fraction of sp³-hybridized carbons (Fsp3) is 0.533. The van der Waals surface area contributed by atoms with Gasteiger partial charge in [-0.2, -0.15) is 0 Å². The lowest BCUT2D eigenvalue weighted by atomic mass is 10.1. The highest BCUT2D eigenvalue weighted by Gasteiger charge is 2.20. The summed E-state index contributed by atoms with van der Waals surface area (Å²) in [6.45, 7) is 2.05. The van der Waals surface area contributed by atoms with Gasteiger partial charge in [0.15, 0.2) is 5.82 Å². The number of nitrogens with two attached hydrogens (primary N) is 1.